The Labute approximate surface area is 235 Å². The van der Waals surface area contributed by atoms with E-state index in [9.17, 15) is 31.6 Å². The van der Waals surface area contributed by atoms with Crippen molar-refractivity contribution in [3.8, 4) is 17.9 Å². The van der Waals surface area contributed by atoms with Gasteiger partial charge in [0, 0.05) is 30.7 Å². The number of ether oxygens (including phenoxy) is 1. The second kappa shape index (κ2) is 11.5. The van der Waals surface area contributed by atoms with Crippen molar-refractivity contribution in [3.63, 3.8) is 0 Å². The maximum Gasteiger partial charge on any atom is 0.425 e. The van der Waals surface area contributed by atoms with Gasteiger partial charge in [0.1, 0.15) is 5.75 Å². The quantitative estimate of drug-likeness (QED) is 0.458. The first-order chi connectivity index (χ1) is 19.3. The number of nitrogens with zero attached hydrogens (tertiary/aromatic N) is 3. The van der Waals surface area contributed by atoms with Crippen LogP contribution in [0.5, 0.6) is 5.75 Å². The van der Waals surface area contributed by atoms with E-state index in [1.165, 1.54) is 10.5 Å². The number of benzene rings is 3. The fourth-order valence-electron chi connectivity index (χ4n) is 4.61. The van der Waals surface area contributed by atoms with Crippen LogP contribution in [0, 0.1) is 22.7 Å². The molecule has 1 amide bonds. The van der Waals surface area contributed by atoms with Crippen molar-refractivity contribution < 1.29 is 31.1 Å². The average Bonchev–Trinajstić information content (AvgIpc) is 3.59. The van der Waals surface area contributed by atoms with Crippen LogP contribution in [-0.4, -0.2) is 46.0 Å². The van der Waals surface area contributed by atoms with E-state index in [1.807, 2.05) is 24.3 Å². The van der Waals surface area contributed by atoms with Gasteiger partial charge in [0.2, 0.25) is 0 Å². The smallest absolute Gasteiger partial charge is 0.425 e. The molecule has 0 unspecified atom stereocenters. The molecule has 41 heavy (non-hydrogen) atoms. The molecule has 0 radical (unpaired) electrons. The lowest BCUT2D eigenvalue weighted by Crippen LogP contribution is -2.33. The van der Waals surface area contributed by atoms with Crippen LogP contribution in [0.2, 0.25) is 0 Å². The molecule has 0 aliphatic carbocycles. The number of carbonyl (C=O) groups excluding carboxylic acids is 1. The summed E-state index contributed by atoms with van der Waals surface area (Å²) < 4.78 is 67.7. The van der Waals surface area contributed by atoms with Gasteiger partial charge in [-0.3, -0.25) is 4.79 Å². The van der Waals surface area contributed by atoms with Gasteiger partial charge in [-0.1, -0.05) is 12.1 Å². The van der Waals surface area contributed by atoms with Crippen LogP contribution < -0.4 is 15.0 Å². The monoisotopic (exact) mass is 582 g/mol. The van der Waals surface area contributed by atoms with Crippen molar-refractivity contribution >= 4 is 27.1 Å². The van der Waals surface area contributed by atoms with Crippen molar-refractivity contribution in [2.75, 3.05) is 29.6 Å². The van der Waals surface area contributed by atoms with Gasteiger partial charge >= 0.3 is 6.18 Å². The predicted molar refractivity (Wildman–Crippen MR) is 146 cm³/mol. The first-order valence-corrected chi connectivity index (χ1v) is 14.4. The van der Waals surface area contributed by atoms with Gasteiger partial charge in [0.05, 0.1) is 33.7 Å². The molecule has 212 valence electrons. The van der Waals surface area contributed by atoms with Crippen LogP contribution >= 0.6 is 0 Å². The normalized spacial score (nSPS) is 14.4. The Hall–Kier alpha value is -4.55. The lowest BCUT2D eigenvalue weighted by atomic mass is 10.1. The van der Waals surface area contributed by atoms with Crippen molar-refractivity contribution in [1.82, 2.24) is 0 Å². The number of amides is 1. The summed E-state index contributed by atoms with van der Waals surface area (Å²) in [5.41, 5.74) is 4.32. The van der Waals surface area contributed by atoms with Crippen LogP contribution in [0.3, 0.4) is 0 Å². The van der Waals surface area contributed by atoms with Crippen LogP contribution in [0.15, 0.2) is 59.5 Å². The number of nitriles is 2. The highest BCUT2D eigenvalue weighted by Gasteiger charge is 2.39. The standard InChI is InChI=1S/C20H17F3N2O4S.C9H8N2/c1-12(20(21,22)23)29-18-7-6-14(30(2,27)28)10-16(18)19(26)25-9-8-15-13(11-24)4-3-5-17(15)25;10-6-7-2-1-3-9-8(7)4-5-11-9/h3-7,10,12H,8-9H2,1-2H3;1-3,11H,4-5H2/t12-;/m0./s1. The third kappa shape index (κ3) is 6.28. The van der Waals surface area contributed by atoms with Crippen molar-refractivity contribution in [1.29, 1.82) is 10.5 Å². The number of sulfone groups is 1. The molecule has 3 aromatic carbocycles. The lowest BCUT2D eigenvalue weighted by Gasteiger charge is -2.23. The first kappa shape index (κ1) is 29.4. The maximum absolute atomic E-state index is 13.2. The summed E-state index contributed by atoms with van der Waals surface area (Å²) in [4.78, 5) is 14.3. The van der Waals surface area contributed by atoms with Crippen LogP contribution in [0.25, 0.3) is 0 Å². The molecule has 2 aliphatic heterocycles. The molecule has 0 saturated carbocycles. The molecule has 2 heterocycles. The second-order valence-electron chi connectivity index (χ2n) is 9.47. The number of fused-ring (bicyclic) bond motifs is 2. The molecule has 0 aromatic heterocycles. The van der Waals surface area contributed by atoms with Gasteiger partial charge < -0.3 is 15.0 Å². The SMILES string of the molecule is C[C@H](Oc1ccc(S(C)(=O)=O)cc1C(=O)N1CCc2c(C#N)cccc21)C(F)(F)F.N#Cc1cccc2c1CCN2. The van der Waals surface area contributed by atoms with Crippen LogP contribution in [-0.2, 0) is 22.7 Å². The van der Waals surface area contributed by atoms with Crippen molar-refractivity contribution in [3.05, 3.63) is 82.4 Å². The summed E-state index contributed by atoms with van der Waals surface area (Å²) in [6.45, 7) is 1.96. The zero-order chi connectivity index (χ0) is 29.9. The van der Waals surface area contributed by atoms with Crippen LogP contribution in [0.4, 0.5) is 24.5 Å². The van der Waals surface area contributed by atoms with Gasteiger partial charge in [-0.15, -0.1) is 0 Å². The van der Waals surface area contributed by atoms with Crippen molar-refractivity contribution in [2.24, 2.45) is 0 Å². The molecule has 0 spiro atoms. The molecule has 2 aliphatic rings. The topological polar surface area (TPSA) is 123 Å². The molecular formula is C29H25F3N4O4S. The summed E-state index contributed by atoms with van der Waals surface area (Å²) in [5, 5.41) is 21.2. The van der Waals surface area contributed by atoms with E-state index < -0.39 is 28.0 Å². The van der Waals surface area contributed by atoms with Gasteiger partial charge in [-0.2, -0.15) is 23.7 Å². The van der Waals surface area contributed by atoms with Crippen molar-refractivity contribution in [2.45, 2.75) is 36.9 Å². The summed E-state index contributed by atoms with van der Waals surface area (Å²) >= 11 is 0. The van der Waals surface area contributed by atoms with Gasteiger partial charge in [-0.25, -0.2) is 8.42 Å². The van der Waals surface area contributed by atoms with E-state index in [0.29, 0.717) is 23.2 Å². The number of carbonyl (C=O) groups is 1. The third-order valence-corrected chi connectivity index (χ3v) is 7.86. The van der Waals surface area contributed by atoms with E-state index in [2.05, 4.69) is 11.4 Å². The molecule has 8 nitrogen and oxygen atoms in total. The number of hydrogen-bond donors (Lipinski definition) is 1. The molecule has 12 heteroatoms. The number of nitrogens with one attached hydrogen (secondary N) is 1. The summed E-state index contributed by atoms with van der Waals surface area (Å²) in [6.07, 6.45) is -4.56. The molecule has 3 aromatic rings. The Balaban J connectivity index is 0.000000291. The Morgan fingerprint density at radius 1 is 1.02 bits per heavy atom. The molecule has 0 bridgehead atoms. The first-order valence-electron chi connectivity index (χ1n) is 12.5. The molecule has 0 fully saturated rings. The molecule has 1 atom stereocenters. The zero-order valence-corrected chi connectivity index (χ0v) is 22.9. The number of anilines is 2. The highest BCUT2D eigenvalue weighted by molar-refractivity contribution is 7.90. The molecule has 0 saturated heterocycles. The maximum atomic E-state index is 13.2. The highest BCUT2D eigenvalue weighted by Crippen LogP contribution is 2.35. The minimum Gasteiger partial charge on any atom is -0.480 e. The van der Waals surface area contributed by atoms with E-state index >= 15 is 0 Å². The van der Waals surface area contributed by atoms with Gasteiger partial charge in [0.15, 0.2) is 15.9 Å². The minimum absolute atomic E-state index is 0.199. The highest BCUT2D eigenvalue weighted by atomic mass is 32.2. The molecule has 5 rings (SSSR count). The largest absolute Gasteiger partial charge is 0.480 e. The summed E-state index contributed by atoms with van der Waals surface area (Å²) in [6, 6.07) is 18.0. The zero-order valence-electron chi connectivity index (χ0n) is 22.1. The number of alkyl halides is 3. The summed E-state index contributed by atoms with van der Waals surface area (Å²) in [7, 11) is -3.72. The Bertz CT molecular complexity index is 1690. The Morgan fingerprint density at radius 3 is 2.32 bits per heavy atom. The fraction of sp³-hybridized carbons (Fsp3) is 0.276. The lowest BCUT2D eigenvalue weighted by molar-refractivity contribution is -0.189. The van der Waals surface area contributed by atoms with E-state index in [4.69, 9.17) is 10.00 Å². The van der Waals surface area contributed by atoms with Crippen LogP contribution in [0.1, 0.15) is 39.5 Å². The third-order valence-electron chi connectivity index (χ3n) is 6.75. The Morgan fingerprint density at radius 2 is 1.68 bits per heavy atom. The molecule has 1 N–H and O–H groups in total. The number of rotatable bonds is 4. The van der Waals surface area contributed by atoms with E-state index in [0.717, 1.165) is 55.6 Å². The average molecular weight is 583 g/mol. The van der Waals surface area contributed by atoms with E-state index in [1.54, 1.807) is 18.2 Å². The summed E-state index contributed by atoms with van der Waals surface area (Å²) in [5.74, 6) is -1.08. The number of halogens is 3. The Kier molecular flexibility index (Phi) is 8.27. The fourth-order valence-corrected chi connectivity index (χ4v) is 5.26. The predicted octanol–water partition coefficient (Wildman–Crippen LogP) is 5.02. The van der Waals surface area contributed by atoms with E-state index in [-0.39, 0.29) is 22.8 Å². The second-order valence-corrected chi connectivity index (χ2v) is 11.5. The molecular weight excluding hydrogens is 557 g/mol. The van der Waals surface area contributed by atoms with Gasteiger partial charge in [-0.05, 0) is 73.4 Å². The number of hydrogen-bond acceptors (Lipinski definition) is 7. The van der Waals surface area contributed by atoms with Gasteiger partial charge in [0.25, 0.3) is 5.91 Å². The minimum atomic E-state index is -4.67.